The van der Waals surface area contributed by atoms with Crippen LogP contribution in [0.15, 0.2) is 48.5 Å². The maximum Gasteiger partial charge on any atom is 0.408 e. The Morgan fingerprint density at radius 3 is 2.26 bits per heavy atom. The summed E-state index contributed by atoms with van der Waals surface area (Å²) in [5.74, 6) is -0.544. The van der Waals surface area contributed by atoms with E-state index in [1.165, 1.54) is 0 Å². The van der Waals surface area contributed by atoms with Gasteiger partial charge in [-0.05, 0) is 71.1 Å². The Kier molecular flexibility index (Phi) is 12.0. The number of carbonyl (C=O) groups excluding carboxylic acids is 3. The van der Waals surface area contributed by atoms with Gasteiger partial charge in [-0.15, -0.1) is 0 Å². The second-order valence-corrected chi connectivity index (χ2v) is 11.3. The average molecular weight is 538 g/mol. The van der Waals surface area contributed by atoms with Crippen molar-refractivity contribution in [1.29, 1.82) is 0 Å². The third-order valence-electron chi connectivity index (χ3n) is 6.68. The van der Waals surface area contributed by atoms with Crippen LogP contribution in [0.1, 0.15) is 89.1 Å². The molecule has 0 saturated carbocycles. The summed E-state index contributed by atoms with van der Waals surface area (Å²) in [6, 6.07) is 13.5. The van der Waals surface area contributed by atoms with Crippen molar-refractivity contribution >= 4 is 17.9 Å². The van der Waals surface area contributed by atoms with Crippen molar-refractivity contribution in [2.24, 2.45) is 0 Å². The Hall–Kier alpha value is -3.35. The number of hydrogen-bond donors (Lipinski definition) is 2. The van der Waals surface area contributed by atoms with Gasteiger partial charge < -0.3 is 20.3 Å². The SMILES string of the molecule is CCCCNC(=O)C(c1cc(C)ccc1C)N(C(=O)C(Cc1ccccc1)NC(=O)OC(C)(C)C)C(C)CC. The van der Waals surface area contributed by atoms with Crippen LogP contribution in [0.25, 0.3) is 0 Å². The maximum atomic E-state index is 14.5. The molecule has 0 spiro atoms. The molecule has 39 heavy (non-hydrogen) atoms. The summed E-state index contributed by atoms with van der Waals surface area (Å²) in [6.07, 6.45) is 2.03. The minimum Gasteiger partial charge on any atom is -0.444 e. The van der Waals surface area contributed by atoms with Gasteiger partial charge in [0, 0.05) is 19.0 Å². The molecule has 0 aliphatic carbocycles. The van der Waals surface area contributed by atoms with Gasteiger partial charge in [-0.1, -0.05) is 74.4 Å². The first-order valence-electron chi connectivity index (χ1n) is 14.1. The smallest absolute Gasteiger partial charge is 0.408 e. The molecule has 2 aromatic carbocycles. The molecule has 3 unspecified atom stereocenters. The van der Waals surface area contributed by atoms with Crippen LogP contribution < -0.4 is 10.6 Å². The van der Waals surface area contributed by atoms with Crippen LogP contribution in [-0.2, 0) is 20.7 Å². The first kappa shape index (κ1) is 31.9. The Bertz CT molecular complexity index is 1090. The second-order valence-electron chi connectivity index (χ2n) is 11.3. The lowest BCUT2D eigenvalue weighted by molar-refractivity contribution is -0.145. The number of carbonyl (C=O) groups is 3. The summed E-state index contributed by atoms with van der Waals surface area (Å²) in [4.78, 5) is 42.8. The van der Waals surface area contributed by atoms with Gasteiger partial charge in [0.15, 0.2) is 0 Å². The number of hydrogen-bond acceptors (Lipinski definition) is 4. The van der Waals surface area contributed by atoms with Crippen LogP contribution in [0.2, 0.25) is 0 Å². The van der Waals surface area contributed by atoms with E-state index in [-0.39, 0.29) is 24.3 Å². The molecule has 7 heteroatoms. The Morgan fingerprint density at radius 2 is 1.67 bits per heavy atom. The molecular formula is C32H47N3O4. The van der Waals surface area contributed by atoms with Gasteiger partial charge in [-0.25, -0.2) is 4.79 Å². The lowest BCUT2D eigenvalue weighted by Gasteiger charge is -2.39. The second kappa shape index (κ2) is 14.7. The van der Waals surface area contributed by atoms with E-state index in [4.69, 9.17) is 4.74 Å². The molecule has 2 rings (SSSR count). The van der Waals surface area contributed by atoms with E-state index in [2.05, 4.69) is 17.6 Å². The minimum atomic E-state index is -0.924. The molecule has 0 radical (unpaired) electrons. The highest BCUT2D eigenvalue weighted by molar-refractivity contribution is 5.92. The fourth-order valence-electron chi connectivity index (χ4n) is 4.43. The summed E-state index contributed by atoms with van der Waals surface area (Å²) >= 11 is 0. The van der Waals surface area contributed by atoms with Crippen LogP contribution in [0.5, 0.6) is 0 Å². The summed E-state index contributed by atoms with van der Waals surface area (Å²) in [6.45, 7) is 15.8. The molecule has 214 valence electrons. The monoisotopic (exact) mass is 537 g/mol. The summed E-state index contributed by atoms with van der Waals surface area (Å²) in [5.41, 5.74) is 2.89. The zero-order valence-electron chi connectivity index (χ0n) is 25.0. The largest absolute Gasteiger partial charge is 0.444 e. The van der Waals surface area contributed by atoms with Crippen LogP contribution in [0.3, 0.4) is 0 Å². The molecule has 7 nitrogen and oxygen atoms in total. The number of benzene rings is 2. The van der Waals surface area contributed by atoms with Gasteiger partial charge in [-0.3, -0.25) is 9.59 Å². The predicted molar refractivity (Wildman–Crippen MR) is 156 cm³/mol. The van der Waals surface area contributed by atoms with E-state index < -0.39 is 23.8 Å². The predicted octanol–water partition coefficient (Wildman–Crippen LogP) is 6.02. The quantitative estimate of drug-likeness (QED) is 0.324. The van der Waals surface area contributed by atoms with Crippen molar-refractivity contribution in [2.75, 3.05) is 6.54 Å². The van der Waals surface area contributed by atoms with E-state index in [1.807, 2.05) is 76.2 Å². The van der Waals surface area contributed by atoms with Gasteiger partial charge in [0.1, 0.15) is 17.7 Å². The number of amides is 3. The molecule has 2 N–H and O–H groups in total. The van der Waals surface area contributed by atoms with Crippen molar-refractivity contribution < 1.29 is 19.1 Å². The number of unbranched alkanes of at least 4 members (excludes halogenated alkanes) is 1. The van der Waals surface area contributed by atoms with E-state index in [9.17, 15) is 14.4 Å². The average Bonchev–Trinajstić information content (AvgIpc) is 2.87. The molecule has 0 heterocycles. The highest BCUT2D eigenvalue weighted by atomic mass is 16.6. The number of rotatable bonds is 12. The first-order valence-corrected chi connectivity index (χ1v) is 14.1. The van der Waals surface area contributed by atoms with Crippen molar-refractivity contribution in [3.63, 3.8) is 0 Å². The molecule has 0 fully saturated rings. The topological polar surface area (TPSA) is 87.7 Å². The zero-order valence-corrected chi connectivity index (χ0v) is 25.0. The lowest BCUT2D eigenvalue weighted by Crippen LogP contribution is -2.56. The van der Waals surface area contributed by atoms with Crippen molar-refractivity contribution in [3.05, 3.63) is 70.8 Å². The maximum absolute atomic E-state index is 14.5. The van der Waals surface area contributed by atoms with Crippen LogP contribution in [-0.4, -0.2) is 47.0 Å². The highest BCUT2D eigenvalue weighted by Gasteiger charge is 2.39. The molecule has 0 aliphatic heterocycles. The Morgan fingerprint density at radius 1 is 1.00 bits per heavy atom. The Balaban J connectivity index is 2.60. The van der Waals surface area contributed by atoms with Gasteiger partial charge in [0.2, 0.25) is 11.8 Å². The standard InChI is InChI=1S/C32H47N3O4/c1-9-11-19-33-29(36)28(26-20-22(3)17-18-23(26)4)35(24(5)10-2)30(37)27(21-25-15-13-12-14-16-25)34-31(38)39-32(6,7)8/h12-18,20,24,27-28H,9-11,19,21H2,1-8H3,(H,33,36)(H,34,38). The minimum absolute atomic E-state index is 0.221. The highest BCUT2D eigenvalue weighted by Crippen LogP contribution is 2.30. The molecule has 3 amide bonds. The fourth-order valence-corrected chi connectivity index (χ4v) is 4.43. The van der Waals surface area contributed by atoms with E-state index in [1.54, 1.807) is 25.7 Å². The van der Waals surface area contributed by atoms with Crippen LogP contribution >= 0.6 is 0 Å². The van der Waals surface area contributed by atoms with Crippen molar-refractivity contribution in [2.45, 2.75) is 105 Å². The third-order valence-corrected chi connectivity index (χ3v) is 6.68. The van der Waals surface area contributed by atoms with Gasteiger partial charge in [0.25, 0.3) is 0 Å². The number of nitrogens with zero attached hydrogens (tertiary/aromatic N) is 1. The molecular weight excluding hydrogens is 490 g/mol. The lowest BCUT2D eigenvalue weighted by atomic mass is 9.94. The molecule has 0 aliphatic rings. The number of alkyl carbamates (subject to hydrolysis) is 1. The molecule has 0 bridgehead atoms. The molecule has 3 atom stereocenters. The van der Waals surface area contributed by atoms with E-state index >= 15 is 0 Å². The fraction of sp³-hybridized carbons (Fsp3) is 0.531. The number of aryl methyl sites for hydroxylation is 2. The zero-order chi connectivity index (χ0) is 29.2. The summed E-state index contributed by atoms with van der Waals surface area (Å²) in [5, 5.41) is 5.88. The van der Waals surface area contributed by atoms with E-state index in [0.717, 1.165) is 35.1 Å². The Labute approximate surface area is 234 Å². The van der Waals surface area contributed by atoms with E-state index in [0.29, 0.717) is 13.0 Å². The third kappa shape index (κ3) is 9.72. The molecule has 0 saturated heterocycles. The van der Waals surface area contributed by atoms with Crippen molar-refractivity contribution in [3.8, 4) is 0 Å². The first-order chi connectivity index (χ1) is 18.4. The van der Waals surface area contributed by atoms with Gasteiger partial charge >= 0.3 is 6.09 Å². The molecule has 2 aromatic rings. The van der Waals surface area contributed by atoms with Crippen LogP contribution in [0.4, 0.5) is 4.79 Å². The number of ether oxygens (including phenoxy) is 1. The van der Waals surface area contributed by atoms with Gasteiger partial charge in [-0.2, -0.15) is 0 Å². The summed E-state index contributed by atoms with van der Waals surface area (Å²) < 4.78 is 5.52. The van der Waals surface area contributed by atoms with Crippen molar-refractivity contribution in [1.82, 2.24) is 15.5 Å². The van der Waals surface area contributed by atoms with Gasteiger partial charge in [0.05, 0.1) is 0 Å². The van der Waals surface area contributed by atoms with Crippen LogP contribution in [0, 0.1) is 13.8 Å². The number of nitrogens with one attached hydrogen (secondary N) is 2. The summed E-state index contributed by atoms with van der Waals surface area (Å²) in [7, 11) is 0. The molecule has 0 aromatic heterocycles. The normalized spacial score (nSPS) is 13.6.